The number of hydrogen-bond donors (Lipinski definition) is 0. The Balaban J connectivity index is 2.06. The topological polar surface area (TPSA) is 82.5 Å². The van der Waals surface area contributed by atoms with Gasteiger partial charge in [-0.2, -0.15) is 10.5 Å². The van der Waals surface area contributed by atoms with Crippen molar-refractivity contribution < 1.29 is 0 Å². The van der Waals surface area contributed by atoms with Crippen molar-refractivity contribution in [2.24, 2.45) is 5.92 Å². The van der Waals surface area contributed by atoms with Crippen LogP contribution in [0.25, 0.3) is 16.6 Å². The number of fused-ring (bicyclic) bond motifs is 1. The molecule has 0 radical (unpaired) electrons. The third-order valence-electron chi connectivity index (χ3n) is 4.03. The summed E-state index contributed by atoms with van der Waals surface area (Å²) in [6.45, 7) is 0. The summed E-state index contributed by atoms with van der Waals surface area (Å²) < 4.78 is 1.54. The number of aromatic nitrogens is 2. The standard InChI is InChI=1S/C20H15ClN4OS/c21-15-7-9-16(10-8-15)25-19(26)17-5-1-2-6-18(17)24-20(25)27-13-14(12-23)4-3-11-22/h1-2,5-10,14H,3-4,13H2/t14-/m1/s1. The van der Waals surface area contributed by atoms with Gasteiger partial charge in [0.15, 0.2) is 5.16 Å². The quantitative estimate of drug-likeness (QED) is 0.451. The van der Waals surface area contributed by atoms with E-state index in [-0.39, 0.29) is 11.5 Å². The van der Waals surface area contributed by atoms with Crippen molar-refractivity contribution in [1.82, 2.24) is 9.55 Å². The van der Waals surface area contributed by atoms with E-state index in [1.165, 1.54) is 11.8 Å². The number of rotatable bonds is 6. The lowest BCUT2D eigenvalue weighted by molar-refractivity contribution is 0.682. The molecular formula is C20H15ClN4OS. The van der Waals surface area contributed by atoms with Crippen molar-refractivity contribution in [1.29, 1.82) is 10.5 Å². The van der Waals surface area contributed by atoms with Gasteiger partial charge in [0, 0.05) is 17.2 Å². The van der Waals surface area contributed by atoms with Crippen molar-refractivity contribution in [3.05, 3.63) is 63.9 Å². The van der Waals surface area contributed by atoms with Gasteiger partial charge in [-0.25, -0.2) is 4.98 Å². The summed E-state index contributed by atoms with van der Waals surface area (Å²) >= 11 is 7.32. The molecule has 0 saturated carbocycles. The predicted molar refractivity (Wildman–Crippen MR) is 107 cm³/mol. The van der Waals surface area contributed by atoms with Gasteiger partial charge >= 0.3 is 0 Å². The Kier molecular flexibility index (Phi) is 6.13. The van der Waals surface area contributed by atoms with E-state index in [4.69, 9.17) is 16.9 Å². The fraction of sp³-hybridized carbons (Fsp3) is 0.200. The normalized spacial score (nSPS) is 11.7. The van der Waals surface area contributed by atoms with Gasteiger partial charge in [-0.1, -0.05) is 35.5 Å². The van der Waals surface area contributed by atoms with Crippen molar-refractivity contribution in [3.8, 4) is 17.8 Å². The van der Waals surface area contributed by atoms with Crippen LogP contribution in [-0.2, 0) is 0 Å². The summed E-state index contributed by atoms with van der Waals surface area (Å²) in [5.41, 5.74) is 1.10. The van der Waals surface area contributed by atoms with Crippen LogP contribution in [0.2, 0.25) is 5.02 Å². The molecule has 5 nitrogen and oxygen atoms in total. The second kappa shape index (κ2) is 8.73. The maximum atomic E-state index is 13.1. The van der Waals surface area contributed by atoms with Crippen LogP contribution >= 0.6 is 23.4 Å². The largest absolute Gasteiger partial charge is 0.268 e. The van der Waals surface area contributed by atoms with Gasteiger partial charge in [0.05, 0.1) is 34.6 Å². The molecule has 0 aliphatic heterocycles. The number of thioether (sulfide) groups is 1. The van der Waals surface area contributed by atoms with Gasteiger partial charge < -0.3 is 0 Å². The second-order valence-corrected chi connectivity index (χ2v) is 7.29. The first kappa shape index (κ1) is 19.0. The second-order valence-electron chi connectivity index (χ2n) is 5.86. The average Bonchev–Trinajstić information content (AvgIpc) is 2.69. The minimum Gasteiger partial charge on any atom is -0.268 e. The molecule has 27 heavy (non-hydrogen) atoms. The molecule has 0 spiro atoms. The minimum absolute atomic E-state index is 0.170. The summed E-state index contributed by atoms with van der Waals surface area (Å²) in [5, 5.41) is 19.6. The van der Waals surface area contributed by atoms with Gasteiger partial charge in [0.1, 0.15) is 0 Å². The van der Waals surface area contributed by atoms with Crippen LogP contribution in [0, 0.1) is 28.6 Å². The molecule has 3 rings (SSSR count). The first-order valence-corrected chi connectivity index (χ1v) is 9.67. The number of halogens is 1. The number of nitriles is 2. The summed E-state index contributed by atoms with van der Waals surface area (Å²) in [4.78, 5) is 17.7. The monoisotopic (exact) mass is 394 g/mol. The van der Waals surface area contributed by atoms with Crippen LogP contribution in [0.4, 0.5) is 0 Å². The fourth-order valence-electron chi connectivity index (χ4n) is 2.63. The van der Waals surface area contributed by atoms with Crippen LogP contribution in [0.3, 0.4) is 0 Å². The Bertz CT molecular complexity index is 1100. The molecule has 0 fully saturated rings. The maximum absolute atomic E-state index is 13.1. The Morgan fingerprint density at radius 3 is 2.59 bits per heavy atom. The maximum Gasteiger partial charge on any atom is 0.266 e. The molecule has 0 amide bonds. The smallest absolute Gasteiger partial charge is 0.266 e. The lowest BCUT2D eigenvalue weighted by Crippen LogP contribution is -2.22. The molecular weight excluding hydrogens is 380 g/mol. The van der Waals surface area contributed by atoms with Gasteiger partial charge in [-0.3, -0.25) is 9.36 Å². The molecule has 1 aromatic heterocycles. The summed E-state index contributed by atoms with van der Waals surface area (Å²) in [6.07, 6.45) is 0.826. The van der Waals surface area contributed by atoms with Crippen LogP contribution in [-0.4, -0.2) is 15.3 Å². The Labute approximate surface area is 165 Å². The first-order valence-electron chi connectivity index (χ1n) is 8.31. The zero-order valence-electron chi connectivity index (χ0n) is 14.3. The highest BCUT2D eigenvalue weighted by Gasteiger charge is 2.16. The van der Waals surface area contributed by atoms with Crippen molar-refractivity contribution >= 4 is 34.3 Å². The molecule has 7 heteroatoms. The zero-order valence-corrected chi connectivity index (χ0v) is 15.9. The van der Waals surface area contributed by atoms with E-state index in [2.05, 4.69) is 17.1 Å². The van der Waals surface area contributed by atoms with Crippen molar-refractivity contribution in [2.75, 3.05) is 5.75 Å². The molecule has 0 N–H and O–H groups in total. The van der Waals surface area contributed by atoms with Crippen molar-refractivity contribution in [3.63, 3.8) is 0 Å². The third-order valence-corrected chi connectivity index (χ3v) is 5.38. The summed E-state index contributed by atoms with van der Waals surface area (Å²) in [5.74, 6) is 0.174. The Morgan fingerprint density at radius 2 is 1.89 bits per heavy atom. The highest BCUT2D eigenvalue weighted by Crippen LogP contribution is 2.25. The molecule has 2 aromatic carbocycles. The summed E-state index contributed by atoms with van der Waals surface area (Å²) in [6, 6.07) is 18.4. The van der Waals surface area contributed by atoms with Gasteiger partial charge in [-0.05, 0) is 42.8 Å². The zero-order chi connectivity index (χ0) is 19.2. The van der Waals surface area contributed by atoms with E-state index < -0.39 is 0 Å². The minimum atomic E-state index is -0.281. The SMILES string of the molecule is N#CCC[C@H](C#N)CSc1nc2ccccc2c(=O)n1-c1ccc(Cl)cc1. The first-order chi connectivity index (χ1) is 13.1. The van der Waals surface area contributed by atoms with E-state index in [1.54, 1.807) is 47.0 Å². The highest BCUT2D eigenvalue weighted by atomic mass is 35.5. The van der Waals surface area contributed by atoms with E-state index in [0.717, 1.165) is 0 Å². The lowest BCUT2D eigenvalue weighted by Gasteiger charge is -2.14. The third kappa shape index (κ3) is 4.31. The van der Waals surface area contributed by atoms with Crippen LogP contribution in [0.15, 0.2) is 58.5 Å². The Morgan fingerprint density at radius 1 is 1.15 bits per heavy atom. The van der Waals surface area contributed by atoms with Crippen LogP contribution in [0.1, 0.15) is 12.8 Å². The lowest BCUT2D eigenvalue weighted by atomic mass is 10.1. The summed E-state index contributed by atoms with van der Waals surface area (Å²) in [7, 11) is 0. The molecule has 134 valence electrons. The number of nitrogens with zero attached hydrogens (tertiary/aromatic N) is 4. The fourth-order valence-corrected chi connectivity index (χ4v) is 3.82. The predicted octanol–water partition coefficient (Wildman–Crippen LogP) is 4.57. The number of hydrogen-bond acceptors (Lipinski definition) is 5. The average molecular weight is 395 g/mol. The number of para-hydroxylation sites is 1. The molecule has 1 heterocycles. The number of benzene rings is 2. The molecule has 0 unspecified atom stereocenters. The molecule has 0 bridgehead atoms. The molecule has 0 aliphatic carbocycles. The van der Waals surface area contributed by atoms with E-state index in [1.807, 2.05) is 6.07 Å². The van der Waals surface area contributed by atoms with Gasteiger partial charge in [-0.15, -0.1) is 0 Å². The van der Waals surface area contributed by atoms with Gasteiger partial charge in [0.2, 0.25) is 0 Å². The van der Waals surface area contributed by atoms with E-state index in [9.17, 15) is 10.1 Å². The highest BCUT2D eigenvalue weighted by molar-refractivity contribution is 7.99. The molecule has 0 saturated heterocycles. The van der Waals surface area contributed by atoms with Crippen LogP contribution < -0.4 is 5.56 Å². The Hall–Kier alpha value is -2.80. The van der Waals surface area contributed by atoms with E-state index >= 15 is 0 Å². The van der Waals surface area contributed by atoms with Crippen LogP contribution in [0.5, 0.6) is 0 Å². The van der Waals surface area contributed by atoms with E-state index in [0.29, 0.717) is 45.4 Å². The van der Waals surface area contributed by atoms with Crippen molar-refractivity contribution in [2.45, 2.75) is 18.0 Å². The molecule has 0 aliphatic rings. The molecule has 1 atom stereocenters. The molecule has 3 aromatic rings. The van der Waals surface area contributed by atoms with Gasteiger partial charge in [0.25, 0.3) is 5.56 Å².